The van der Waals surface area contributed by atoms with Crippen molar-refractivity contribution >= 4 is 17.6 Å². The van der Waals surface area contributed by atoms with Gasteiger partial charge in [0.15, 0.2) is 0 Å². The van der Waals surface area contributed by atoms with Gasteiger partial charge in [0.25, 0.3) is 5.91 Å². The summed E-state index contributed by atoms with van der Waals surface area (Å²) in [6.07, 6.45) is 3.00. The molecule has 0 unspecified atom stereocenters. The van der Waals surface area contributed by atoms with Gasteiger partial charge in [-0.3, -0.25) is 9.78 Å². The Bertz CT molecular complexity index is 955. The molecular weight excluding hydrogens is 332 g/mol. The number of hydrogen-bond acceptors (Lipinski definition) is 6. The number of aromatic nitrogens is 3. The minimum Gasteiger partial charge on any atom is -0.465 e. The maximum absolute atomic E-state index is 12.4. The number of anilines is 1. The fourth-order valence-corrected chi connectivity index (χ4v) is 2.34. The Labute approximate surface area is 150 Å². The molecule has 2 heterocycles. The van der Waals surface area contributed by atoms with Crippen molar-refractivity contribution in [1.82, 2.24) is 15.0 Å². The molecule has 0 aliphatic carbocycles. The molecule has 7 nitrogen and oxygen atoms in total. The second-order valence-corrected chi connectivity index (χ2v) is 5.45. The number of hydrogen-bond donors (Lipinski definition) is 1. The van der Waals surface area contributed by atoms with Crippen molar-refractivity contribution in [2.24, 2.45) is 0 Å². The number of aryl methyl sites for hydroxylation is 1. The van der Waals surface area contributed by atoms with Gasteiger partial charge in [0, 0.05) is 23.6 Å². The van der Waals surface area contributed by atoms with Crippen LogP contribution in [0.5, 0.6) is 0 Å². The van der Waals surface area contributed by atoms with Crippen molar-refractivity contribution in [1.29, 1.82) is 0 Å². The molecule has 7 heteroatoms. The van der Waals surface area contributed by atoms with Gasteiger partial charge in [-0.05, 0) is 37.3 Å². The van der Waals surface area contributed by atoms with Gasteiger partial charge in [0.2, 0.25) is 0 Å². The van der Waals surface area contributed by atoms with Crippen LogP contribution >= 0.6 is 0 Å². The Morgan fingerprint density at radius 1 is 1.08 bits per heavy atom. The Kier molecular flexibility index (Phi) is 4.98. The fraction of sp³-hybridized carbons (Fsp3) is 0.105. The minimum atomic E-state index is -0.502. The average Bonchev–Trinajstić information content (AvgIpc) is 2.67. The van der Waals surface area contributed by atoms with Crippen molar-refractivity contribution in [2.75, 3.05) is 12.4 Å². The van der Waals surface area contributed by atoms with Crippen LogP contribution in [-0.2, 0) is 4.74 Å². The zero-order valence-corrected chi connectivity index (χ0v) is 14.3. The largest absolute Gasteiger partial charge is 0.465 e. The van der Waals surface area contributed by atoms with Crippen LogP contribution < -0.4 is 5.32 Å². The molecule has 0 saturated heterocycles. The predicted molar refractivity (Wildman–Crippen MR) is 95.7 cm³/mol. The summed E-state index contributed by atoms with van der Waals surface area (Å²) in [4.78, 5) is 36.2. The lowest BCUT2D eigenvalue weighted by atomic mass is 10.1. The number of benzene rings is 1. The number of methoxy groups -OCH3 is 1. The van der Waals surface area contributed by atoms with Gasteiger partial charge in [-0.15, -0.1) is 0 Å². The molecule has 0 bridgehead atoms. The number of ether oxygens (including phenoxy) is 1. The zero-order chi connectivity index (χ0) is 18.5. The van der Waals surface area contributed by atoms with E-state index in [1.807, 2.05) is 25.1 Å². The maximum Gasteiger partial charge on any atom is 0.339 e. The second kappa shape index (κ2) is 7.52. The highest BCUT2D eigenvalue weighted by atomic mass is 16.5. The third-order valence-electron chi connectivity index (χ3n) is 3.61. The number of nitrogens with one attached hydrogen (secondary N) is 1. The smallest absolute Gasteiger partial charge is 0.339 e. The molecule has 1 N–H and O–H groups in total. The van der Waals surface area contributed by atoms with Crippen LogP contribution in [0, 0.1) is 6.92 Å². The highest BCUT2D eigenvalue weighted by Crippen LogP contribution is 2.21. The van der Waals surface area contributed by atoms with Crippen molar-refractivity contribution in [3.63, 3.8) is 0 Å². The summed E-state index contributed by atoms with van der Waals surface area (Å²) < 4.78 is 4.61. The van der Waals surface area contributed by atoms with Crippen molar-refractivity contribution in [3.05, 3.63) is 71.9 Å². The molecule has 0 aliphatic rings. The van der Waals surface area contributed by atoms with E-state index in [9.17, 15) is 9.59 Å². The van der Waals surface area contributed by atoms with Gasteiger partial charge in [0.05, 0.1) is 18.4 Å². The number of carbonyl (C=O) groups excluding carboxylic acids is 2. The number of pyridine rings is 1. The summed E-state index contributed by atoms with van der Waals surface area (Å²) in [6.45, 7) is 1.82. The summed E-state index contributed by atoms with van der Waals surface area (Å²) in [7, 11) is 1.29. The molecule has 26 heavy (non-hydrogen) atoms. The van der Waals surface area contributed by atoms with E-state index in [1.165, 1.54) is 25.4 Å². The van der Waals surface area contributed by atoms with E-state index in [4.69, 9.17) is 0 Å². The molecule has 3 aromatic rings. The third-order valence-corrected chi connectivity index (χ3v) is 3.61. The van der Waals surface area contributed by atoms with Gasteiger partial charge < -0.3 is 10.1 Å². The van der Waals surface area contributed by atoms with E-state index < -0.39 is 5.97 Å². The Hall–Kier alpha value is -3.61. The normalized spacial score (nSPS) is 10.2. The van der Waals surface area contributed by atoms with Crippen molar-refractivity contribution in [3.8, 4) is 11.3 Å². The van der Waals surface area contributed by atoms with E-state index in [0.29, 0.717) is 11.5 Å². The predicted octanol–water partition coefficient (Wildman–Crippen LogP) is 2.89. The molecule has 0 spiro atoms. The molecule has 1 amide bonds. The van der Waals surface area contributed by atoms with Gasteiger partial charge >= 0.3 is 5.97 Å². The van der Waals surface area contributed by atoms with E-state index in [1.54, 1.807) is 18.3 Å². The number of amides is 1. The summed E-state index contributed by atoms with van der Waals surface area (Å²) in [6, 6.07) is 12.1. The number of nitrogens with zero attached hydrogens (tertiary/aromatic N) is 3. The molecule has 0 fully saturated rings. The molecule has 0 radical (unpaired) electrons. The molecular formula is C19H16N4O3. The molecule has 0 aliphatic heterocycles. The summed E-state index contributed by atoms with van der Waals surface area (Å²) in [5.74, 6) is -0.207. The van der Waals surface area contributed by atoms with Crippen LogP contribution in [0.3, 0.4) is 0 Å². The number of esters is 1. The fourth-order valence-electron chi connectivity index (χ4n) is 2.34. The highest BCUT2D eigenvalue weighted by Gasteiger charge is 2.11. The second-order valence-electron chi connectivity index (χ2n) is 5.45. The van der Waals surface area contributed by atoms with E-state index in [2.05, 4.69) is 25.0 Å². The van der Waals surface area contributed by atoms with Crippen molar-refractivity contribution < 1.29 is 14.3 Å². The van der Waals surface area contributed by atoms with Crippen LogP contribution in [0.1, 0.15) is 26.7 Å². The molecule has 0 atom stereocenters. The number of rotatable bonds is 4. The molecule has 130 valence electrons. The first kappa shape index (κ1) is 17.2. The molecule has 1 aromatic carbocycles. The molecule has 3 rings (SSSR count). The molecule has 0 saturated carbocycles. The van der Waals surface area contributed by atoms with Crippen LogP contribution in [0.25, 0.3) is 11.3 Å². The topological polar surface area (TPSA) is 94.1 Å². The minimum absolute atomic E-state index is 0.195. The Morgan fingerprint density at radius 3 is 2.62 bits per heavy atom. The van der Waals surface area contributed by atoms with Crippen molar-refractivity contribution in [2.45, 2.75) is 6.92 Å². The average molecular weight is 348 g/mol. The zero-order valence-electron chi connectivity index (χ0n) is 14.3. The van der Waals surface area contributed by atoms with Gasteiger partial charge in [-0.1, -0.05) is 12.1 Å². The standard InChI is InChI=1S/C19H16N4O3/c1-12-20-9-8-16(22-12)13-4-3-5-15(10-13)23-18(24)17-7-6-14(11-21-17)19(25)26-2/h3-11H,1-2H3,(H,23,24). The van der Waals surface area contributed by atoms with Gasteiger partial charge in [-0.2, -0.15) is 0 Å². The molecule has 2 aromatic heterocycles. The van der Waals surface area contributed by atoms with Crippen LogP contribution in [-0.4, -0.2) is 33.9 Å². The summed E-state index contributed by atoms with van der Waals surface area (Å²) >= 11 is 0. The van der Waals surface area contributed by atoms with Gasteiger partial charge in [-0.25, -0.2) is 14.8 Å². The lowest BCUT2D eigenvalue weighted by molar-refractivity contribution is 0.0600. The first-order valence-electron chi connectivity index (χ1n) is 7.82. The SMILES string of the molecule is COC(=O)c1ccc(C(=O)Nc2cccc(-c3ccnc(C)n3)c2)nc1. The van der Waals surface area contributed by atoms with Gasteiger partial charge in [0.1, 0.15) is 11.5 Å². The van der Waals surface area contributed by atoms with E-state index in [0.717, 1.165) is 11.3 Å². The summed E-state index contributed by atoms with van der Waals surface area (Å²) in [5, 5.41) is 2.78. The summed E-state index contributed by atoms with van der Waals surface area (Å²) in [5.41, 5.74) is 2.73. The maximum atomic E-state index is 12.4. The Balaban J connectivity index is 1.77. The number of carbonyl (C=O) groups is 2. The first-order valence-corrected chi connectivity index (χ1v) is 7.82. The van der Waals surface area contributed by atoms with Crippen LogP contribution in [0.15, 0.2) is 54.9 Å². The lowest BCUT2D eigenvalue weighted by Gasteiger charge is -2.08. The van der Waals surface area contributed by atoms with Crippen LogP contribution in [0.2, 0.25) is 0 Å². The quantitative estimate of drug-likeness (QED) is 0.729. The Morgan fingerprint density at radius 2 is 1.92 bits per heavy atom. The highest BCUT2D eigenvalue weighted by molar-refractivity contribution is 6.03. The first-order chi connectivity index (χ1) is 12.6. The lowest BCUT2D eigenvalue weighted by Crippen LogP contribution is -2.14. The van der Waals surface area contributed by atoms with Crippen LogP contribution in [0.4, 0.5) is 5.69 Å². The van der Waals surface area contributed by atoms with E-state index in [-0.39, 0.29) is 17.2 Å². The monoisotopic (exact) mass is 348 g/mol. The van der Waals surface area contributed by atoms with E-state index >= 15 is 0 Å². The third kappa shape index (κ3) is 3.89.